The van der Waals surface area contributed by atoms with Crippen LogP contribution in [0.3, 0.4) is 0 Å². The number of nitrogens with one attached hydrogen (secondary N) is 1. The van der Waals surface area contributed by atoms with E-state index >= 15 is 0 Å². The molecule has 23 heavy (non-hydrogen) atoms. The van der Waals surface area contributed by atoms with E-state index in [1.807, 2.05) is 6.92 Å². The number of carbonyl (C=O) groups is 1. The Kier molecular flexibility index (Phi) is 5.73. The zero-order valence-electron chi connectivity index (χ0n) is 13.7. The maximum absolute atomic E-state index is 13.0. The molecule has 2 rings (SSSR count). The Morgan fingerprint density at radius 1 is 1.35 bits per heavy atom. The molecule has 5 nitrogen and oxygen atoms in total. The number of carbonyl (C=O) groups excluding carboxylic acids is 1. The van der Waals surface area contributed by atoms with Crippen LogP contribution in [0.25, 0.3) is 11.3 Å². The van der Waals surface area contributed by atoms with Gasteiger partial charge in [0.15, 0.2) is 5.76 Å². The third-order valence-electron chi connectivity index (χ3n) is 3.24. The monoisotopic (exact) mass is 319 g/mol. The van der Waals surface area contributed by atoms with Crippen molar-refractivity contribution in [3.63, 3.8) is 0 Å². The van der Waals surface area contributed by atoms with Gasteiger partial charge in [0, 0.05) is 24.7 Å². The van der Waals surface area contributed by atoms with Crippen molar-refractivity contribution < 1.29 is 13.7 Å². The molecule has 0 aliphatic carbocycles. The molecule has 0 aliphatic rings. The minimum atomic E-state index is -0.298. The summed E-state index contributed by atoms with van der Waals surface area (Å²) in [4.78, 5) is 13.8. The molecule has 1 N–H and O–H groups in total. The topological polar surface area (TPSA) is 58.4 Å². The van der Waals surface area contributed by atoms with Crippen LogP contribution in [0.2, 0.25) is 0 Å². The van der Waals surface area contributed by atoms with Crippen LogP contribution in [0, 0.1) is 11.7 Å². The van der Waals surface area contributed by atoms with Crippen molar-refractivity contribution in [3.8, 4) is 11.3 Å². The Morgan fingerprint density at radius 2 is 2.04 bits per heavy atom. The first kappa shape index (κ1) is 17.0. The molecule has 124 valence electrons. The summed E-state index contributed by atoms with van der Waals surface area (Å²) < 4.78 is 18.3. The molecule has 0 radical (unpaired) electrons. The molecule has 6 heteroatoms. The number of hydrogen-bond donors (Lipinski definition) is 1. The first-order valence-corrected chi connectivity index (χ1v) is 7.74. The van der Waals surface area contributed by atoms with Crippen LogP contribution in [-0.2, 0) is 6.54 Å². The van der Waals surface area contributed by atoms with E-state index in [-0.39, 0.29) is 11.8 Å². The lowest BCUT2D eigenvalue weighted by Gasteiger charge is -2.23. The molecule has 0 atom stereocenters. The van der Waals surface area contributed by atoms with E-state index < -0.39 is 0 Å². The number of amides is 2. The predicted molar refractivity (Wildman–Crippen MR) is 86.2 cm³/mol. The van der Waals surface area contributed by atoms with Crippen LogP contribution in [0.4, 0.5) is 9.18 Å². The normalized spacial score (nSPS) is 10.8. The SMILES string of the molecule is CCNC(=O)N(Cc1cc(-c2ccc(F)cc2)on1)CC(C)C. The van der Waals surface area contributed by atoms with E-state index in [9.17, 15) is 9.18 Å². The first-order valence-electron chi connectivity index (χ1n) is 7.74. The fraction of sp³-hybridized carbons (Fsp3) is 0.412. The third kappa shape index (κ3) is 4.81. The molecule has 0 saturated carbocycles. The fourth-order valence-electron chi connectivity index (χ4n) is 2.26. The molecule has 2 amide bonds. The number of urea groups is 1. The van der Waals surface area contributed by atoms with Gasteiger partial charge in [-0.1, -0.05) is 19.0 Å². The van der Waals surface area contributed by atoms with E-state index in [4.69, 9.17) is 4.52 Å². The number of nitrogens with zero attached hydrogens (tertiary/aromatic N) is 2. The molecule has 0 spiro atoms. The summed E-state index contributed by atoms with van der Waals surface area (Å²) in [6.45, 7) is 7.57. The number of rotatable bonds is 6. The highest BCUT2D eigenvalue weighted by atomic mass is 19.1. The predicted octanol–water partition coefficient (Wildman–Crippen LogP) is 3.67. The second-order valence-corrected chi connectivity index (χ2v) is 5.80. The number of benzene rings is 1. The van der Waals surface area contributed by atoms with Crippen molar-refractivity contribution in [2.45, 2.75) is 27.3 Å². The maximum Gasteiger partial charge on any atom is 0.317 e. The van der Waals surface area contributed by atoms with Crippen LogP contribution in [0.1, 0.15) is 26.5 Å². The average molecular weight is 319 g/mol. The molecule has 1 aromatic carbocycles. The summed E-state index contributed by atoms with van der Waals surface area (Å²) in [5.41, 5.74) is 1.41. The van der Waals surface area contributed by atoms with E-state index in [1.54, 1.807) is 23.1 Å². The molecule has 2 aromatic rings. The molecule has 0 unspecified atom stereocenters. The molecular formula is C17H22FN3O2. The summed E-state index contributed by atoms with van der Waals surface area (Å²) in [7, 11) is 0. The van der Waals surface area contributed by atoms with Crippen molar-refractivity contribution >= 4 is 6.03 Å². The second-order valence-electron chi connectivity index (χ2n) is 5.80. The van der Waals surface area contributed by atoms with Crippen molar-refractivity contribution in [2.24, 2.45) is 5.92 Å². The van der Waals surface area contributed by atoms with Crippen LogP contribution in [0.5, 0.6) is 0 Å². The zero-order chi connectivity index (χ0) is 16.8. The molecular weight excluding hydrogens is 297 g/mol. The summed E-state index contributed by atoms with van der Waals surface area (Å²) in [6, 6.07) is 7.67. The number of halogens is 1. The van der Waals surface area contributed by atoms with Gasteiger partial charge >= 0.3 is 6.03 Å². The van der Waals surface area contributed by atoms with Gasteiger partial charge < -0.3 is 14.7 Å². The van der Waals surface area contributed by atoms with Crippen molar-refractivity contribution in [2.75, 3.05) is 13.1 Å². The van der Waals surface area contributed by atoms with Gasteiger partial charge in [-0.3, -0.25) is 0 Å². The van der Waals surface area contributed by atoms with Crippen molar-refractivity contribution in [1.29, 1.82) is 0 Å². The Hall–Kier alpha value is -2.37. The second kappa shape index (κ2) is 7.76. The number of aromatic nitrogens is 1. The van der Waals surface area contributed by atoms with Gasteiger partial charge in [0.25, 0.3) is 0 Å². The lowest BCUT2D eigenvalue weighted by molar-refractivity contribution is 0.186. The van der Waals surface area contributed by atoms with Gasteiger partial charge in [-0.05, 0) is 37.1 Å². The fourth-order valence-corrected chi connectivity index (χ4v) is 2.26. The summed E-state index contributed by atoms with van der Waals surface area (Å²) in [5, 5.41) is 6.82. The third-order valence-corrected chi connectivity index (χ3v) is 3.24. The highest BCUT2D eigenvalue weighted by Crippen LogP contribution is 2.21. The van der Waals surface area contributed by atoms with Gasteiger partial charge in [-0.2, -0.15) is 0 Å². The molecule has 0 saturated heterocycles. The quantitative estimate of drug-likeness (QED) is 0.884. The standard InChI is InChI=1S/C17H22FN3O2/c1-4-19-17(22)21(10-12(2)3)11-15-9-16(23-20-15)13-5-7-14(18)8-6-13/h5-9,12H,4,10-11H2,1-3H3,(H,19,22). The Morgan fingerprint density at radius 3 is 2.65 bits per heavy atom. The van der Waals surface area contributed by atoms with Crippen molar-refractivity contribution in [3.05, 3.63) is 41.8 Å². The Balaban J connectivity index is 2.11. The molecule has 0 bridgehead atoms. The highest BCUT2D eigenvalue weighted by molar-refractivity contribution is 5.74. The van der Waals surface area contributed by atoms with Gasteiger partial charge in [-0.15, -0.1) is 0 Å². The van der Waals surface area contributed by atoms with Crippen LogP contribution >= 0.6 is 0 Å². The molecule has 1 aromatic heterocycles. The van der Waals surface area contributed by atoms with E-state index in [2.05, 4.69) is 24.3 Å². The Bertz CT molecular complexity index is 638. The van der Waals surface area contributed by atoms with E-state index in [1.165, 1.54) is 12.1 Å². The van der Waals surface area contributed by atoms with Gasteiger partial charge in [0.05, 0.1) is 6.54 Å². The van der Waals surface area contributed by atoms with E-state index in [0.717, 1.165) is 5.56 Å². The summed E-state index contributed by atoms with van der Waals surface area (Å²) >= 11 is 0. The van der Waals surface area contributed by atoms with Crippen LogP contribution < -0.4 is 5.32 Å². The van der Waals surface area contributed by atoms with Gasteiger partial charge in [-0.25, -0.2) is 9.18 Å². The van der Waals surface area contributed by atoms with Crippen LogP contribution in [0.15, 0.2) is 34.9 Å². The van der Waals surface area contributed by atoms with Gasteiger partial charge in [0.1, 0.15) is 11.5 Å². The molecule has 0 aliphatic heterocycles. The van der Waals surface area contributed by atoms with Crippen LogP contribution in [-0.4, -0.2) is 29.2 Å². The smallest absolute Gasteiger partial charge is 0.317 e. The highest BCUT2D eigenvalue weighted by Gasteiger charge is 2.17. The average Bonchev–Trinajstić information content (AvgIpc) is 2.95. The molecule has 0 fully saturated rings. The van der Waals surface area contributed by atoms with Gasteiger partial charge in [0.2, 0.25) is 0 Å². The minimum Gasteiger partial charge on any atom is -0.356 e. The zero-order valence-corrected chi connectivity index (χ0v) is 13.7. The lowest BCUT2D eigenvalue weighted by atomic mass is 10.1. The van der Waals surface area contributed by atoms with E-state index in [0.29, 0.717) is 37.0 Å². The summed E-state index contributed by atoms with van der Waals surface area (Å²) in [6.07, 6.45) is 0. The largest absolute Gasteiger partial charge is 0.356 e. The number of hydrogen-bond acceptors (Lipinski definition) is 3. The Labute approximate surface area is 135 Å². The minimum absolute atomic E-state index is 0.118. The lowest BCUT2D eigenvalue weighted by Crippen LogP contribution is -2.41. The first-order chi connectivity index (χ1) is 11.0. The maximum atomic E-state index is 13.0. The van der Waals surface area contributed by atoms with Crippen molar-refractivity contribution in [1.82, 2.24) is 15.4 Å². The summed E-state index contributed by atoms with van der Waals surface area (Å²) in [5.74, 6) is 0.606. The molecule has 1 heterocycles.